The molecule has 0 amide bonds. The number of anilines is 2. The van der Waals surface area contributed by atoms with Crippen molar-refractivity contribution in [2.45, 2.75) is 26.3 Å². The highest BCUT2D eigenvalue weighted by atomic mass is 16.5. The molecule has 33 heavy (non-hydrogen) atoms. The SMILES string of the molecule is CCCCOc1cc2nc(NCc3ccc(OC)cc3)nc(N3CCNCC3)c2cc1OC. The maximum Gasteiger partial charge on any atom is 0.225 e. The number of unbranched alkanes of at least 4 members (excludes halogenated alkanes) is 1. The summed E-state index contributed by atoms with van der Waals surface area (Å²) in [4.78, 5) is 12.0. The average Bonchev–Trinajstić information content (AvgIpc) is 2.87. The van der Waals surface area contributed by atoms with Crippen LogP contribution in [-0.4, -0.2) is 57.0 Å². The van der Waals surface area contributed by atoms with E-state index in [2.05, 4.69) is 22.5 Å². The highest BCUT2D eigenvalue weighted by Gasteiger charge is 2.19. The summed E-state index contributed by atoms with van der Waals surface area (Å²) in [6.07, 6.45) is 2.07. The van der Waals surface area contributed by atoms with E-state index >= 15 is 0 Å². The van der Waals surface area contributed by atoms with E-state index < -0.39 is 0 Å². The first-order valence-electron chi connectivity index (χ1n) is 11.6. The van der Waals surface area contributed by atoms with Gasteiger partial charge < -0.3 is 29.7 Å². The summed E-state index contributed by atoms with van der Waals surface area (Å²) < 4.78 is 16.9. The van der Waals surface area contributed by atoms with Gasteiger partial charge in [0, 0.05) is 44.2 Å². The van der Waals surface area contributed by atoms with Crippen molar-refractivity contribution in [3.05, 3.63) is 42.0 Å². The zero-order valence-electron chi connectivity index (χ0n) is 19.7. The molecule has 2 aromatic carbocycles. The van der Waals surface area contributed by atoms with Gasteiger partial charge in [0.05, 0.1) is 26.3 Å². The van der Waals surface area contributed by atoms with E-state index in [1.54, 1.807) is 14.2 Å². The molecule has 3 aromatic rings. The van der Waals surface area contributed by atoms with Gasteiger partial charge in [0.2, 0.25) is 5.95 Å². The maximum atomic E-state index is 6.01. The molecule has 176 valence electrons. The predicted octanol–water partition coefficient (Wildman–Crippen LogP) is 3.85. The number of piperazine rings is 1. The van der Waals surface area contributed by atoms with Gasteiger partial charge in [0.1, 0.15) is 11.6 Å². The summed E-state index contributed by atoms with van der Waals surface area (Å²) in [5.74, 6) is 3.77. The number of nitrogens with one attached hydrogen (secondary N) is 2. The van der Waals surface area contributed by atoms with Crippen LogP contribution in [0.25, 0.3) is 10.9 Å². The fourth-order valence-corrected chi connectivity index (χ4v) is 3.84. The van der Waals surface area contributed by atoms with Gasteiger partial charge in [-0.3, -0.25) is 0 Å². The van der Waals surface area contributed by atoms with Crippen molar-refractivity contribution in [3.8, 4) is 17.2 Å². The molecule has 1 fully saturated rings. The Kier molecular flexibility index (Phi) is 7.67. The highest BCUT2D eigenvalue weighted by molar-refractivity contribution is 5.93. The van der Waals surface area contributed by atoms with Crippen LogP contribution in [0.15, 0.2) is 36.4 Å². The molecule has 8 nitrogen and oxygen atoms in total. The summed E-state index contributed by atoms with van der Waals surface area (Å²) in [5.41, 5.74) is 1.96. The molecule has 1 aliphatic rings. The molecule has 0 radical (unpaired) electrons. The summed E-state index contributed by atoms with van der Waals surface area (Å²) in [6, 6.07) is 12.0. The van der Waals surface area contributed by atoms with Crippen LogP contribution in [0.4, 0.5) is 11.8 Å². The minimum atomic E-state index is 0.594. The molecule has 0 spiro atoms. The number of hydrogen-bond acceptors (Lipinski definition) is 8. The smallest absolute Gasteiger partial charge is 0.225 e. The number of aromatic nitrogens is 2. The Morgan fingerprint density at radius 1 is 1.00 bits per heavy atom. The van der Waals surface area contributed by atoms with E-state index in [1.165, 1.54) is 0 Å². The Labute approximate surface area is 195 Å². The third-order valence-electron chi connectivity index (χ3n) is 5.74. The molecule has 1 aromatic heterocycles. The lowest BCUT2D eigenvalue weighted by Crippen LogP contribution is -2.44. The molecule has 0 unspecified atom stereocenters. The van der Waals surface area contributed by atoms with Gasteiger partial charge in [-0.05, 0) is 30.2 Å². The Balaban J connectivity index is 1.67. The number of ether oxygens (including phenoxy) is 3. The van der Waals surface area contributed by atoms with Crippen LogP contribution in [0.1, 0.15) is 25.3 Å². The molecule has 1 saturated heterocycles. The van der Waals surface area contributed by atoms with E-state index in [4.69, 9.17) is 24.2 Å². The second-order valence-electron chi connectivity index (χ2n) is 8.03. The number of hydrogen-bond donors (Lipinski definition) is 2. The molecule has 4 rings (SSSR count). The van der Waals surface area contributed by atoms with E-state index in [9.17, 15) is 0 Å². The monoisotopic (exact) mass is 451 g/mol. The van der Waals surface area contributed by atoms with E-state index in [-0.39, 0.29) is 0 Å². The van der Waals surface area contributed by atoms with Crippen molar-refractivity contribution in [2.75, 3.05) is 57.2 Å². The first-order valence-corrected chi connectivity index (χ1v) is 11.6. The Hall–Kier alpha value is -3.26. The van der Waals surface area contributed by atoms with Gasteiger partial charge in [0.15, 0.2) is 11.5 Å². The van der Waals surface area contributed by atoms with Gasteiger partial charge in [0.25, 0.3) is 0 Å². The third-order valence-corrected chi connectivity index (χ3v) is 5.74. The molecule has 1 aliphatic heterocycles. The van der Waals surface area contributed by atoms with Crippen molar-refractivity contribution in [1.29, 1.82) is 0 Å². The van der Waals surface area contributed by atoms with Crippen molar-refractivity contribution < 1.29 is 14.2 Å². The number of nitrogens with zero attached hydrogens (tertiary/aromatic N) is 3. The molecule has 8 heteroatoms. The van der Waals surface area contributed by atoms with Crippen LogP contribution in [-0.2, 0) is 6.54 Å². The largest absolute Gasteiger partial charge is 0.497 e. The van der Waals surface area contributed by atoms with Crippen LogP contribution >= 0.6 is 0 Å². The van der Waals surface area contributed by atoms with Gasteiger partial charge in [-0.2, -0.15) is 4.98 Å². The van der Waals surface area contributed by atoms with Crippen molar-refractivity contribution in [2.24, 2.45) is 0 Å². The first kappa shape index (κ1) is 22.9. The van der Waals surface area contributed by atoms with Gasteiger partial charge in [-0.1, -0.05) is 25.5 Å². The quantitative estimate of drug-likeness (QED) is 0.450. The van der Waals surface area contributed by atoms with E-state index in [1.807, 2.05) is 36.4 Å². The highest BCUT2D eigenvalue weighted by Crippen LogP contribution is 2.36. The fourth-order valence-electron chi connectivity index (χ4n) is 3.84. The summed E-state index contributed by atoms with van der Waals surface area (Å²) in [6.45, 7) is 7.05. The molecule has 0 atom stereocenters. The van der Waals surface area contributed by atoms with Crippen molar-refractivity contribution in [1.82, 2.24) is 15.3 Å². The van der Waals surface area contributed by atoms with Crippen LogP contribution in [0.2, 0.25) is 0 Å². The van der Waals surface area contributed by atoms with Gasteiger partial charge in [-0.25, -0.2) is 4.98 Å². The summed E-state index contributed by atoms with van der Waals surface area (Å²) in [5, 5.41) is 7.77. The second kappa shape index (κ2) is 11.0. The predicted molar refractivity (Wildman–Crippen MR) is 132 cm³/mol. The molecule has 0 aliphatic carbocycles. The molecular formula is C25H33N5O3. The second-order valence-corrected chi connectivity index (χ2v) is 8.03. The minimum Gasteiger partial charge on any atom is -0.497 e. The minimum absolute atomic E-state index is 0.594. The van der Waals surface area contributed by atoms with Crippen LogP contribution in [0.3, 0.4) is 0 Å². The third kappa shape index (κ3) is 5.57. The maximum absolute atomic E-state index is 6.01. The first-order chi connectivity index (χ1) is 16.2. The van der Waals surface area contributed by atoms with Crippen LogP contribution in [0.5, 0.6) is 17.2 Å². The Bertz CT molecular complexity index is 1050. The zero-order valence-corrected chi connectivity index (χ0v) is 19.7. The normalized spacial score (nSPS) is 13.7. The van der Waals surface area contributed by atoms with E-state index in [0.717, 1.165) is 67.1 Å². The van der Waals surface area contributed by atoms with E-state index in [0.29, 0.717) is 30.6 Å². The summed E-state index contributed by atoms with van der Waals surface area (Å²) >= 11 is 0. The molecular weight excluding hydrogens is 418 g/mol. The van der Waals surface area contributed by atoms with Gasteiger partial charge in [-0.15, -0.1) is 0 Å². The van der Waals surface area contributed by atoms with Crippen LogP contribution in [0, 0.1) is 0 Å². The Morgan fingerprint density at radius 2 is 1.79 bits per heavy atom. The number of fused-ring (bicyclic) bond motifs is 1. The average molecular weight is 452 g/mol. The summed E-state index contributed by atoms with van der Waals surface area (Å²) in [7, 11) is 3.34. The Morgan fingerprint density at radius 3 is 2.48 bits per heavy atom. The standard InChI is InChI=1S/C25H33N5O3/c1-4-5-14-33-23-16-21-20(15-22(23)32-3)24(30-12-10-26-11-13-30)29-25(28-21)27-17-18-6-8-19(31-2)9-7-18/h6-9,15-16,26H,4-5,10-14,17H2,1-3H3,(H,27,28,29). The molecule has 0 saturated carbocycles. The molecule has 0 bridgehead atoms. The lowest BCUT2D eigenvalue weighted by atomic mass is 10.2. The number of rotatable bonds is 10. The topological polar surface area (TPSA) is 80.8 Å². The molecule has 2 N–H and O–H groups in total. The van der Waals surface area contributed by atoms with Gasteiger partial charge >= 0.3 is 0 Å². The lowest BCUT2D eigenvalue weighted by molar-refractivity contribution is 0.289. The zero-order chi connectivity index (χ0) is 23.0. The fraction of sp³-hybridized carbons (Fsp3) is 0.440. The number of benzene rings is 2. The number of methoxy groups -OCH3 is 2. The molecule has 2 heterocycles. The van der Waals surface area contributed by atoms with Crippen molar-refractivity contribution in [3.63, 3.8) is 0 Å². The lowest BCUT2D eigenvalue weighted by Gasteiger charge is -2.29. The van der Waals surface area contributed by atoms with Crippen LogP contribution < -0.4 is 29.7 Å². The van der Waals surface area contributed by atoms with Crippen molar-refractivity contribution >= 4 is 22.7 Å².